The van der Waals surface area contributed by atoms with Gasteiger partial charge in [0.15, 0.2) is 5.96 Å². The number of hydrogen-bond donors (Lipinski definition) is 10. The van der Waals surface area contributed by atoms with Crippen molar-refractivity contribution in [3.63, 3.8) is 0 Å². The maximum Gasteiger partial charge on any atom is 0.303 e. The Morgan fingerprint density at radius 3 is 1.39 bits per heavy atom. The number of rotatable bonds is 51. The first kappa shape index (κ1) is 65.5. The van der Waals surface area contributed by atoms with Gasteiger partial charge in [0.1, 0.15) is 12.1 Å². The molecule has 16 heteroatoms. The van der Waals surface area contributed by atoms with Gasteiger partial charge in [-0.15, -0.1) is 0 Å². The number of amides is 4. The van der Waals surface area contributed by atoms with Crippen LogP contribution in [0.25, 0.3) is 0 Å². The molecule has 0 radical (unpaired) electrons. The minimum atomic E-state index is -1.25. The van der Waals surface area contributed by atoms with Crippen molar-refractivity contribution in [1.82, 2.24) is 21.3 Å². The second-order valence-electron chi connectivity index (χ2n) is 19.7. The standard InChI is InChI=1S/C53H106N10O6/c1-3-5-7-9-11-13-15-17-19-21-23-25-27-31-41-63(42-32-28-26-24-22-20-18-16-14-12-10-8-6-4-2)43-40-58-51(68)46(35-29-30-38-54)62-52(69)47(36-37-49(65)66)61-48(64)44-60-50(67)45(55)34-33-39-59-53(56)57/h45-47H,3-44,54-55H2,1-2H3,(H,58,68)(H,60,67)(H,61,64)(H,62,69)(H,65,66)(H4,56,57,59)/p+1. The Morgan fingerprint density at radius 1 is 0.507 bits per heavy atom. The first-order valence-corrected chi connectivity index (χ1v) is 28.2. The van der Waals surface area contributed by atoms with Gasteiger partial charge in [-0.3, -0.25) is 29.0 Å². The van der Waals surface area contributed by atoms with E-state index < -0.39 is 54.8 Å². The number of carbonyl (C=O) groups excluding carboxylic acids is 4. The van der Waals surface area contributed by atoms with Crippen LogP contribution in [0.15, 0.2) is 4.99 Å². The molecule has 3 atom stereocenters. The highest BCUT2D eigenvalue weighted by molar-refractivity contribution is 5.93. The molecule has 0 aliphatic rings. The lowest BCUT2D eigenvalue weighted by molar-refractivity contribution is -0.899. The summed E-state index contributed by atoms with van der Waals surface area (Å²) in [7, 11) is 0. The molecular formula is C53H107N10O6+. The van der Waals surface area contributed by atoms with Crippen molar-refractivity contribution in [2.75, 3.05) is 45.8 Å². The molecule has 0 aliphatic heterocycles. The van der Waals surface area contributed by atoms with Crippen LogP contribution in [0, 0.1) is 0 Å². The minimum absolute atomic E-state index is 0.0626. The number of nitrogens with one attached hydrogen (secondary N) is 5. The van der Waals surface area contributed by atoms with Crippen LogP contribution < -0.4 is 49.1 Å². The average Bonchev–Trinajstić information content (AvgIpc) is 3.32. The van der Waals surface area contributed by atoms with Gasteiger partial charge in [-0.1, -0.05) is 168 Å². The van der Waals surface area contributed by atoms with E-state index in [1.54, 1.807) is 0 Å². The highest BCUT2D eigenvalue weighted by Gasteiger charge is 2.28. The number of unbranched alkanes of at least 4 members (excludes halogenated alkanes) is 27. The summed E-state index contributed by atoms with van der Waals surface area (Å²) < 4.78 is 0. The summed E-state index contributed by atoms with van der Waals surface area (Å²) in [6.07, 6.45) is 38.9. The molecule has 0 aromatic rings. The van der Waals surface area contributed by atoms with Gasteiger partial charge in [-0.25, -0.2) is 0 Å². The first-order valence-electron chi connectivity index (χ1n) is 28.2. The van der Waals surface area contributed by atoms with Crippen molar-refractivity contribution in [2.24, 2.45) is 27.9 Å². The highest BCUT2D eigenvalue weighted by Crippen LogP contribution is 2.14. The van der Waals surface area contributed by atoms with Gasteiger partial charge >= 0.3 is 5.97 Å². The van der Waals surface area contributed by atoms with Crippen LogP contribution in [0.3, 0.4) is 0 Å². The van der Waals surface area contributed by atoms with Crippen LogP contribution in [0.2, 0.25) is 0 Å². The third kappa shape index (κ3) is 43.1. The largest absolute Gasteiger partial charge is 0.481 e. The minimum Gasteiger partial charge on any atom is -0.481 e. The number of carbonyl (C=O) groups is 5. The van der Waals surface area contributed by atoms with E-state index >= 15 is 0 Å². The zero-order valence-corrected chi connectivity index (χ0v) is 44.2. The number of guanidine groups is 1. The van der Waals surface area contributed by atoms with Crippen molar-refractivity contribution in [1.29, 1.82) is 0 Å². The number of nitrogens with two attached hydrogens (primary N) is 4. The SMILES string of the molecule is CCCCCCCCCCCCCCCC[NH+](CCCCCCCCCCCCCCCC)CCNC(=O)C(CCCCN)NC(=O)C(CCC(=O)O)NC(=O)CNC(=O)C(N)CCCN=C(N)N. The van der Waals surface area contributed by atoms with E-state index in [0.717, 1.165) is 32.5 Å². The summed E-state index contributed by atoms with van der Waals surface area (Å²) in [6, 6.07) is -3.06. The Morgan fingerprint density at radius 2 is 0.957 bits per heavy atom. The smallest absolute Gasteiger partial charge is 0.303 e. The summed E-state index contributed by atoms with van der Waals surface area (Å²) >= 11 is 0. The Kier molecular flexibility index (Phi) is 45.7. The summed E-state index contributed by atoms with van der Waals surface area (Å²) in [5.41, 5.74) is 22.3. The van der Waals surface area contributed by atoms with Gasteiger partial charge in [0.2, 0.25) is 23.6 Å². The van der Waals surface area contributed by atoms with Gasteiger partial charge in [-0.2, -0.15) is 0 Å². The Labute approximate surface area is 420 Å². The predicted octanol–water partition coefficient (Wildman–Crippen LogP) is 6.41. The molecule has 0 heterocycles. The number of carboxylic acids is 1. The summed E-state index contributed by atoms with van der Waals surface area (Å²) in [5, 5.41) is 20.2. The van der Waals surface area contributed by atoms with Crippen molar-refractivity contribution in [3.8, 4) is 0 Å². The molecule has 0 bridgehead atoms. The molecule has 0 aliphatic carbocycles. The highest BCUT2D eigenvalue weighted by atomic mass is 16.4. The second-order valence-corrected chi connectivity index (χ2v) is 19.7. The van der Waals surface area contributed by atoms with Crippen molar-refractivity contribution in [2.45, 2.75) is 257 Å². The predicted molar refractivity (Wildman–Crippen MR) is 284 cm³/mol. The number of nitrogens with zero attached hydrogens (tertiary/aromatic N) is 1. The zero-order valence-electron chi connectivity index (χ0n) is 44.2. The van der Waals surface area contributed by atoms with Crippen LogP contribution in [-0.4, -0.2) is 105 Å². The van der Waals surface area contributed by atoms with E-state index in [4.69, 9.17) is 22.9 Å². The van der Waals surface area contributed by atoms with Gasteiger partial charge in [-0.05, 0) is 70.8 Å². The van der Waals surface area contributed by atoms with Crippen LogP contribution in [0.4, 0.5) is 0 Å². The molecule has 0 aromatic carbocycles. The van der Waals surface area contributed by atoms with E-state index in [0.29, 0.717) is 45.3 Å². The molecular weight excluding hydrogens is 873 g/mol. The van der Waals surface area contributed by atoms with Crippen LogP contribution in [0.5, 0.6) is 0 Å². The maximum absolute atomic E-state index is 13.7. The zero-order chi connectivity index (χ0) is 51.0. The lowest BCUT2D eigenvalue weighted by Crippen LogP contribution is -3.12. The van der Waals surface area contributed by atoms with E-state index in [9.17, 15) is 29.1 Å². The van der Waals surface area contributed by atoms with E-state index in [2.05, 4.69) is 40.1 Å². The van der Waals surface area contributed by atoms with Crippen molar-refractivity contribution >= 4 is 35.6 Å². The molecule has 14 N–H and O–H groups in total. The lowest BCUT2D eigenvalue weighted by Gasteiger charge is -2.24. The number of aliphatic imine (C=N–C) groups is 1. The number of hydrogen-bond acceptors (Lipinski definition) is 8. The Bertz CT molecular complexity index is 1270. The van der Waals surface area contributed by atoms with Crippen molar-refractivity contribution in [3.05, 3.63) is 0 Å². The molecule has 0 aromatic heterocycles. The molecule has 404 valence electrons. The molecule has 0 saturated carbocycles. The molecule has 3 unspecified atom stereocenters. The summed E-state index contributed by atoms with van der Waals surface area (Å²) in [4.78, 5) is 69.6. The molecule has 0 fully saturated rings. The van der Waals surface area contributed by atoms with Gasteiger partial charge in [0.05, 0.1) is 38.8 Å². The molecule has 69 heavy (non-hydrogen) atoms. The Balaban J connectivity index is 5.24. The van der Waals surface area contributed by atoms with Crippen LogP contribution >= 0.6 is 0 Å². The lowest BCUT2D eigenvalue weighted by atomic mass is 10.0. The number of quaternary nitrogens is 1. The van der Waals surface area contributed by atoms with E-state index in [1.165, 1.54) is 172 Å². The number of aliphatic carboxylic acids is 1. The normalized spacial score (nSPS) is 12.6. The molecule has 0 rings (SSSR count). The fourth-order valence-electron chi connectivity index (χ4n) is 8.76. The number of carboxylic acid groups (broad SMARTS) is 1. The van der Waals surface area contributed by atoms with Gasteiger partial charge < -0.3 is 54.2 Å². The topological polar surface area (TPSA) is 275 Å². The van der Waals surface area contributed by atoms with Crippen LogP contribution in [0.1, 0.15) is 239 Å². The van der Waals surface area contributed by atoms with Gasteiger partial charge in [0.25, 0.3) is 0 Å². The molecule has 16 nitrogen and oxygen atoms in total. The molecule has 4 amide bonds. The monoisotopic (exact) mass is 980 g/mol. The first-order chi connectivity index (χ1) is 33.4. The molecule has 0 spiro atoms. The second kappa shape index (κ2) is 48.1. The van der Waals surface area contributed by atoms with Gasteiger partial charge in [0, 0.05) is 13.0 Å². The summed E-state index contributed by atoms with van der Waals surface area (Å²) in [6.45, 7) is 8.18. The quantitative estimate of drug-likeness (QED) is 0.0182. The van der Waals surface area contributed by atoms with E-state index in [1.807, 2.05) is 0 Å². The third-order valence-corrected chi connectivity index (χ3v) is 13.2. The maximum atomic E-state index is 13.7. The average molecular weight is 981 g/mol. The Hall–Kier alpha value is -3.50. The third-order valence-electron chi connectivity index (χ3n) is 13.2. The fraction of sp³-hybridized carbons (Fsp3) is 0.887. The van der Waals surface area contributed by atoms with Crippen molar-refractivity contribution < 1.29 is 34.0 Å². The summed E-state index contributed by atoms with van der Waals surface area (Å²) in [5.74, 6) is -3.48. The van der Waals surface area contributed by atoms with E-state index in [-0.39, 0.29) is 24.7 Å². The fourth-order valence-corrected chi connectivity index (χ4v) is 8.76. The van der Waals surface area contributed by atoms with Crippen LogP contribution in [-0.2, 0) is 24.0 Å². The molecule has 0 saturated heterocycles.